The van der Waals surface area contributed by atoms with Crippen LogP contribution in [0, 0.1) is 0 Å². The van der Waals surface area contributed by atoms with Gasteiger partial charge < -0.3 is 9.47 Å². The number of carbonyl (C=O) groups excluding carboxylic acids is 2. The largest absolute Gasteiger partial charge is 0.465 e. The summed E-state index contributed by atoms with van der Waals surface area (Å²) in [5.74, 6) is -1.24. The van der Waals surface area contributed by atoms with Gasteiger partial charge in [0.2, 0.25) is 0 Å². The number of methoxy groups -OCH3 is 2. The Morgan fingerprint density at radius 1 is 0.852 bits per heavy atom. The second kappa shape index (κ2) is 6.57. The van der Waals surface area contributed by atoms with Crippen LogP contribution in [-0.2, 0) is 9.47 Å². The van der Waals surface area contributed by atoms with Gasteiger partial charge in [0.15, 0.2) is 0 Å². The van der Waals surface area contributed by atoms with Crippen molar-refractivity contribution < 1.29 is 19.1 Å². The van der Waals surface area contributed by atoms with E-state index in [0.717, 1.165) is 16.3 Å². The van der Waals surface area contributed by atoms with E-state index in [-0.39, 0.29) is 11.1 Å². The van der Waals surface area contributed by atoms with E-state index < -0.39 is 11.9 Å². The Labute approximate surface area is 154 Å². The number of benzene rings is 2. The standard InChI is InChI=1S/C21H16N2O4/c1-26-20(24)16-17(21(25)27-2)19-15-11-7-6-10-14(15)12-22-23(19)18(16)13-8-4-3-5-9-13/h3-12H,1-2H3. The highest BCUT2D eigenvalue weighted by atomic mass is 16.5. The molecule has 6 nitrogen and oxygen atoms in total. The second-order valence-electron chi connectivity index (χ2n) is 5.94. The van der Waals surface area contributed by atoms with Gasteiger partial charge in [0.25, 0.3) is 0 Å². The molecule has 0 atom stereocenters. The molecule has 0 unspecified atom stereocenters. The fraction of sp³-hybridized carbons (Fsp3) is 0.0952. The van der Waals surface area contributed by atoms with Gasteiger partial charge in [-0.1, -0.05) is 54.6 Å². The first-order valence-corrected chi connectivity index (χ1v) is 8.32. The Morgan fingerprint density at radius 2 is 1.48 bits per heavy atom. The third-order valence-electron chi connectivity index (χ3n) is 4.50. The summed E-state index contributed by atoms with van der Waals surface area (Å²) in [6, 6.07) is 16.8. The molecule has 0 saturated carbocycles. The number of hydrogen-bond donors (Lipinski definition) is 0. The Balaban J connectivity index is 2.26. The molecule has 0 radical (unpaired) electrons. The highest BCUT2D eigenvalue weighted by Gasteiger charge is 2.31. The lowest BCUT2D eigenvalue weighted by atomic mass is 10.0. The summed E-state index contributed by atoms with van der Waals surface area (Å²) in [5, 5.41) is 6.14. The summed E-state index contributed by atoms with van der Waals surface area (Å²) < 4.78 is 11.6. The number of aromatic nitrogens is 2. The molecule has 2 aromatic carbocycles. The minimum absolute atomic E-state index is 0.138. The number of fused-ring (bicyclic) bond motifs is 3. The summed E-state index contributed by atoms with van der Waals surface area (Å²) in [6.07, 6.45) is 1.71. The summed E-state index contributed by atoms with van der Waals surface area (Å²) in [4.78, 5) is 25.4. The average molecular weight is 360 g/mol. The number of carbonyl (C=O) groups is 2. The van der Waals surface area contributed by atoms with E-state index >= 15 is 0 Å². The summed E-state index contributed by atoms with van der Waals surface area (Å²) in [6.45, 7) is 0. The Kier molecular flexibility index (Phi) is 4.08. The fourth-order valence-electron chi connectivity index (χ4n) is 3.33. The lowest BCUT2D eigenvalue weighted by Gasteiger charge is -2.06. The van der Waals surface area contributed by atoms with Crippen LogP contribution in [0.1, 0.15) is 20.7 Å². The summed E-state index contributed by atoms with van der Waals surface area (Å²) >= 11 is 0. The van der Waals surface area contributed by atoms with Gasteiger partial charge in [-0.05, 0) is 0 Å². The summed E-state index contributed by atoms with van der Waals surface area (Å²) in [7, 11) is 2.57. The van der Waals surface area contributed by atoms with E-state index in [9.17, 15) is 9.59 Å². The molecular formula is C21H16N2O4. The number of rotatable bonds is 3. The van der Waals surface area contributed by atoms with Crippen LogP contribution in [0.5, 0.6) is 0 Å². The molecule has 0 aliphatic heterocycles. The van der Waals surface area contributed by atoms with Crippen LogP contribution in [0.4, 0.5) is 0 Å². The number of hydrogen-bond acceptors (Lipinski definition) is 5. The van der Waals surface area contributed by atoms with Crippen molar-refractivity contribution in [3.63, 3.8) is 0 Å². The molecule has 134 valence electrons. The van der Waals surface area contributed by atoms with Crippen molar-refractivity contribution in [2.45, 2.75) is 0 Å². The van der Waals surface area contributed by atoms with Crippen molar-refractivity contribution in [1.82, 2.24) is 9.61 Å². The van der Waals surface area contributed by atoms with Gasteiger partial charge in [0.1, 0.15) is 11.1 Å². The van der Waals surface area contributed by atoms with Gasteiger partial charge >= 0.3 is 11.9 Å². The van der Waals surface area contributed by atoms with E-state index in [1.54, 1.807) is 10.7 Å². The molecule has 2 heterocycles. The highest BCUT2D eigenvalue weighted by molar-refractivity contribution is 6.17. The molecule has 4 rings (SSSR count). The van der Waals surface area contributed by atoms with Gasteiger partial charge in [0, 0.05) is 16.3 Å². The Morgan fingerprint density at radius 3 is 2.19 bits per heavy atom. The topological polar surface area (TPSA) is 69.9 Å². The molecule has 0 aliphatic carbocycles. The Hall–Kier alpha value is -3.67. The first-order valence-electron chi connectivity index (χ1n) is 8.32. The molecule has 2 aromatic heterocycles. The molecular weight excluding hydrogens is 344 g/mol. The van der Waals surface area contributed by atoms with Crippen LogP contribution < -0.4 is 0 Å². The highest BCUT2D eigenvalue weighted by Crippen LogP contribution is 2.35. The van der Waals surface area contributed by atoms with Crippen LogP contribution in [0.25, 0.3) is 27.5 Å². The van der Waals surface area contributed by atoms with E-state index in [0.29, 0.717) is 11.2 Å². The third kappa shape index (κ3) is 2.54. The predicted molar refractivity (Wildman–Crippen MR) is 101 cm³/mol. The van der Waals surface area contributed by atoms with E-state index in [4.69, 9.17) is 9.47 Å². The lowest BCUT2D eigenvalue weighted by molar-refractivity contribution is 0.0558. The molecule has 0 bridgehead atoms. The predicted octanol–water partition coefficient (Wildman–Crippen LogP) is 3.73. The van der Waals surface area contributed by atoms with Crippen molar-refractivity contribution in [2.75, 3.05) is 14.2 Å². The van der Waals surface area contributed by atoms with Crippen LogP contribution in [0.15, 0.2) is 60.8 Å². The number of esters is 2. The zero-order valence-electron chi connectivity index (χ0n) is 14.8. The molecule has 0 saturated heterocycles. The lowest BCUT2D eigenvalue weighted by Crippen LogP contribution is -2.10. The zero-order valence-corrected chi connectivity index (χ0v) is 14.8. The maximum atomic E-state index is 12.7. The first kappa shape index (κ1) is 16.8. The van der Waals surface area contributed by atoms with Crippen molar-refractivity contribution in [1.29, 1.82) is 0 Å². The van der Waals surface area contributed by atoms with E-state index in [1.807, 2.05) is 54.6 Å². The third-order valence-corrected chi connectivity index (χ3v) is 4.50. The molecule has 4 aromatic rings. The SMILES string of the molecule is COC(=O)c1c(C(=O)OC)c2c3ccccc3cnn2c1-c1ccccc1. The normalized spacial score (nSPS) is 10.9. The fourth-order valence-corrected chi connectivity index (χ4v) is 3.33. The molecule has 0 amide bonds. The molecule has 0 aliphatic rings. The monoisotopic (exact) mass is 360 g/mol. The van der Waals surface area contributed by atoms with Gasteiger partial charge in [-0.15, -0.1) is 0 Å². The van der Waals surface area contributed by atoms with Crippen molar-refractivity contribution in [2.24, 2.45) is 0 Å². The smallest absolute Gasteiger partial charge is 0.341 e. The first-order chi connectivity index (χ1) is 13.2. The summed E-state index contributed by atoms with van der Waals surface area (Å²) in [5.41, 5.74) is 2.03. The molecule has 27 heavy (non-hydrogen) atoms. The quantitative estimate of drug-likeness (QED) is 0.521. The van der Waals surface area contributed by atoms with E-state index in [2.05, 4.69) is 5.10 Å². The van der Waals surface area contributed by atoms with Crippen LogP contribution >= 0.6 is 0 Å². The zero-order chi connectivity index (χ0) is 19.0. The molecule has 0 N–H and O–H groups in total. The van der Waals surface area contributed by atoms with Crippen molar-refractivity contribution >= 4 is 28.2 Å². The maximum Gasteiger partial charge on any atom is 0.341 e. The van der Waals surface area contributed by atoms with Crippen molar-refractivity contribution in [3.05, 3.63) is 71.9 Å². The van der Waals surface area contributed by atoms with E-state index in [1.165, 1.54) is 14.2 Å². The van der Waals surface area contributed by atoms with Gasteiger partial charge in [0.05, 0.1) is 31.6 Å². The van der Waals surface area contributed by atoms with Crippen LogP contribution in [0.3, 0.4) is 0 Å². The molecule has 0 fully saturated rings. The van der Waals surface area contributed by atoms with Crippen LogP contribution in [0.2, 0.25) is 0 Å². The average Bonchev–Trinajstić information content (AvgIpc) is 3.08. The van der Waals surface area contributed by atoms with Gasteiger partial charge in [-0.2, -0.15) is 5.10 Å². The number of nitrogens with zero attached hydrogens (tertiary/aromatic N) is 2. The Bertz CT molecular complexity index is 1180. The maximum absolute atomic E-state index is 12.7. The number of ether oxygens (including phenoxy) is 2. The minimum atomic E-state index is -0.621. The second-order valence-corrected chi connectivity index (χ2v) is 5.94. The van der Waals surface area contributed by atoms with Gasteiger partial charge in [-0.25, -0.2) is 14.1 Å². The molecule has 6 heteroatoms. The van der Waals surface area contributed by atoms with Crippen molar-refractivity contribution in [3.8, 4) is 11.3 Å². The molecule has 0 spiro atoms. The van der Waals surface area contributed by atoms with Gasteiger partial charge in [-0.3, -0.25) is 0 Å². The van der Waals surface area contributed by atoms with Crippen LogP contribution in [-0.4, -0.2) is 35.8 Å². The minimum Gasteiger partial charge on any atom is -0.465 e.